The molecule has 2 aromatic rings. The lowest BCUT2D eigenvalue weighted by molar-refractivity contribution is -0.123. The Balaban J connectivity index is 0.00000312. The van der Waals surface area contributed by atoms with Gasteiger partial charge in [0.2, 0.25) is 11.8 Å². The number of nitrogens with two attached hydrogens (primary N) is 1. The highest BCUT2D eigenvalue weighted by molar-refractivity contribution is 7.07. The second-order valence-electron chi connectivity index (χ2n) is 5.38. The van der Waals surface area contributed by atoms with Crippen molar-refractivity contribution in [3.63, 3.8) is 0 Å². The van der Waals surface area contributed by atoms with Crippen molar-refractivity contribution < 1.29 is 9.59 Å². The Hall–Kier alpha value is -1.71. The zero-order chi connectivity index (χ0) is 17.4. The third-order valence-electron chi connectivity index (χ3n) is 3.21. The first-order valence-corrected chi connectivity index (χ1v) is 8.42. The van der Waals surface area contributed by atoms with E-state index >= 15 is 0 Å². The van der Waals surface area contributed by atoms with Crippen molar-refractivity contribution >= 4 is 53.7 Å². The van der Waals surface area contributed by atoms with Crippen molar-refractivity contribution in [2.75, 3.05) is 25.5 Å². The minimum absolute atomic E-state index is 0. The summed E-state index contributed by atoms with van der Waals surface area (Å²) >= 11 is 1.58. The molecule has 0 aliphatic carbocycles. The second kappa shape index (κ2) is 12.6. The van der Waals surface area contributed by atoms with Gasteiger partial charge in [-0.1, -0.05) is 12.1 Å². The summed E-state index contributed by atoms with van der Waals surface area (Å²) in [6.45, 7) is 1.29. The Bertz CT molecular complexity index is 685. The van der Waals surface area contributed by atoms with E-state index < -0.39 is 0 Å². The minimum Gasteiger partial charge on any atom is -0.346 e. The fraction of sp³-hybridized carbons (Fsp3) is 0.312. The summed E-state index contributed by atoms with van der Waals surface area (Å²) in [6, 6.07) is 7.62. The predicted octanol–water partition coefficient (Wildman–Crippen LogP) is 1.63. The number of halogens is 2. The maximum absolute atomic E-state index is 11.8. The normalized spacial score (nSPS) is 9.81. The van der Waals surface area contributed by atoms with Crippen molar-refractivity contribution in [2.45, 2.75) is 13.1 Å². The van der Waals surface area contributed by atoms with Gasteiger partial charge in [0.25, 0.3) is 0 Å². The number of carbonyl (C=O) groups excluding carboxylic acids is 2. The molecule has 2 amide bonds. The summed E-state index contributed by atoms with van der Waals surface area (Å²) < 4.78 is 0. The number of benzene rings is 1. The molecule has 26 heavy (non-hydrogen) atoms. The van der Waals surface area contributed by atoms with Crippen LogP contribution in [0.15, 0.2) is 35.2 Å². The number of carbonyl (C=O) groups is 2. The first-order valence-electron chi connectivity index (χ1n) is 7.48. The molecular weight excluding hydrogens is 397 g/mol. The highest BCUT2D eigenvalue weighted by Crippen LogP contribution is 2.13. The molecule has 0 saturated heterocycles. The van der Waals surface area contributed by atoms with Crippen LogP contribution in [0.1, 0.15) is 11.3 Å². The molecule has 1 heterocycles. The van der Waals surface area contributed by atoms with E-state index in [9.17, 15) is 9.59 Å². The largest absolute Gasteiger partial charge is 0.346 e. The fourth-order valence-corrected chi connectivity index (χ4v) is 2.71. The van der Waals surface area contributed by atoms with Crippen LogP contribution in [0.4, 0.5) is 5.69 Å². The van der Waals surface area contributed by atoms with Crippen LogP contribution in [-0.4, -0.2) is 41.8 Å². The first kappa shape index (κ1) is 24.3. The Labute approximate surface area is 169 Å². The smallest absolute Gasteiger partial charge is 0.243 e. The summed E-state index contributed by atoms with van der Waals surface area (Å²) in [7, 11) is 2.02. The van der Waals surface area contributed by atoms with E-state index in [1.54, 1.807) is 11.3 Å². The van der Waals surface area contributed by atoms with E-state index in [-0.39, 0.29) is 49.7 Å². The SMILES string of the molecule is CN(Cc1cccc(NC(=O)CNC(=O)CN)c1)Cc1cscn1.Cl.Cl. The number of thiazole rings is 1. The number of rotatable bonds is 8. The van der Waals surface area contributed by atoms with Gasteiger partial charge < -0.3 is 16.4 Å². The Morgan fingerprint density at radius 1 is 1.23 bits per heavy atom. The lowest BCUT2D eigenvalue weighted by Gasteiger charge is -2.16. The van der Waals surface area contributed by atoms with Crippen molar-refractivity contribution in [3.05, 3.63) is 46.4 Å². The standard InChI is InChI=1S/C16H21N5O2S.2ClH/c1-21(9-14-10-24-11-19-14)8-12-3-2-4-13(5-12)20-16(23)7-18-15(22)6-17;;/h2-5,10-11H,6-9,17H2,1H3,(H,18,22)(H,20,23);2*1H. The molecule has 0 atom stereocenters. The molecule has 10 heteroatoms. The maximum Gasteiger partial charge on any atom is 0.243 e. The second-order valence-corrected chi connectivity index (χ2v) is 6.10. The van der Waals surface area contributed by atoms with Crippen LogP contribution in [0.2, 0.25) is 0 Å². The van der Waals surface area contributed by atoms with Crippen LogP contribution >= 0.6 is 36.2 Å². The Morgan fingerprint density at radius 3 is 2.65 bits per heavy atom. The number of aromatic nitrogens is 1. The van der Waals surface area contributed by atoms with Gasteiger partial charge in [-0.05, 0) is 24.7 Å². The summed E-state index contributed by atoms with van der Waals surface area (Å²) in [5, 5.41) is 7.22. The van der Waals surface area contributed by atoms with Gasteiger partial charge in [-0.25, -0.2) is 4.98 Å². The Kier molecular flexibility index (Phi) is 11.8. The summed E-state index contributed by atoms with van der Waals surface area (Å²) in [4.78, 5) is 29.3. The van der Waals surface area contributed by atoms with Crippen LogP contribution in [0, 0.1) is 0 Å². The minimum atomic E-state index is -0.359. The van der Waals surface area contributed by atoms with Gasteiger partial charge in [0.15, 0.2) is 0 Å². The van der Waals surface area contributed by atoms with Crippen molar-refractivity contribution in [2.24, 2.45) is 5.73 Å². The molecule has 144 valence electrons. The monoisotopic (exact) mass is 419 g/mol. The molecule has 1 aromatic carbocycles. The average Bonchev–Trinajstić information content (AvgIpc) is 3.05. The van der Waals surface area contributed by atoms with Crippen LogP contribution in [-0.2, 0) is 22.7 Å². The number of anilines is 1. The topological polar surface area (TPSA) is 100 Å². The third-order valence-corrected chi connectivity index (χ3v) is 3.85. The van der Waals surface area contributed by atoms with Gasteiger partial charge in [-0.15, -0.1) is 36.2 Å². The van der Waals surface area contributed by atoms with Crippen molar-refractivity contribution in [3.8, 4) is 0 Å². The van der Waals surface area contributed by atoms with Gasteiger partial charge in [-0.3, -0.25) is 14.5 Å². The predicted molar refractivity (Wildman–Crippen MR) is 109 cm³/mol. The van der Waals surface area contributed by atoms with E-state index in [1.165, 1.54) is 0 Å². The zero-order valence-corrected chi connectivity index (χ0v) is 16.8. The number of hydrogen-bond acceptors (Lipinski definition) is 6. The molecule has 0 fully saturated rings. The summed E-state index contributed by atoms with van der Waals surface area (Å²) in [5.41, 5.74) is 9.82. The van der Waals surface area contributed by atoms with Crippen LogP contribution in [0.5, 0.6) is 0 Å². The maximum atomic E-state index is 11.8. The summed E-state index contributed by atoms with van der Waals surface area (Å²) in [5.74, 6) is -0.646. The first-order chi connectivity index (χ1) is 11.6. The number of hydrogen-bond donors (Lipinski definition) is 3. The highest BCUT2D eigenvalue weighted by atomic mass is 35.5. The third kappa shape index (κ3) is 8.59. The molecule has 0 aliphatic heterocycles. The molecular formula is C16H23Cl2N5O2S. The van der Waals surface area contributed by atoms with Gasteiger partial charge in [0.05, 0.1) is 24.3 Å². The fourth-order valence-electron chi connectivity index (χ4n) is 2.16. The molecule has 0 saturated carbocycles. The van der Waals surface area contributed by atoms with E-state index in [2.05, 4.69) is 20.5 Å². The Morgan fingerprint density at radius 2 is 2.00 bits per heavy atom. The zero-order valence-electron chi connectivity index (χ0n) is 14.3. The van der Waals surface area contributed by atoms with E-state index in [1.807, 2.05) is 42.2 Å². The highest BCUT2D eigenvalue weighted by Gasteiger charge is 2.07. The molecule has 0 aliphatic rings. The van der Waals surface area contributed by atoms with Crippen molar-refractivity contribution in [1.82, 2.24) is 15.2 Å². The number of amides is 2. The van der Waals surface area contributed by atoms with Crippen molar-refractivity contribution in [1.29, 1.82) is 0 Å². The average molecular weight is 420 g/mol. The van der Waals surface area contributed by atoms with Crippen LogP contribution in [0.25, 0.3) is 0 Å². The van der Waals surface area contributed by atoms with Crippen LogP contribution in [0.3, 0.4) is 0 Å². The van der Waals surface area contributed by atoms with E-state index in [0.29, 0.717) is 5.69 Å². The quantitative estimate of drug-likeness (QED) is 0.603. The molecule has 0 unspecified atom stereocenters. The molecule has 7 nitrogen and oxygen atoms in total. The number of nitrogens with zero attached hydrogens (tertiary/aromatic N) is 2. The summed E-state index contributed by atoms with van der Waals surface area (Å²) in [6.07, 6.45) is 0. The van der Waals surface area contributed by atoms with Gasteiger partial charge >= 0.3 is 0 Å². The van der Waals surface area contributed by atoms with Gasteiger partial charge in [0, 0.05) is 24.2 Å². The van der Waals surface area contributed by atoms with Crippen LogP contribution < -0.4 is 16.4 Å². The molecule has 1 aromatic heterocycles. The lowest BCUT2D eigenvalue weighted by atomic mass is 10.2. The van der Waals surface area contributed by atoms with Gasteiger partial charge in [-0.2, -0.15) is 0 Å². The van der Waals surface area contributed by atoms with E-state index in [0.717, 1.165) is 24.3 Å². The number of nitrogens with one attached hydrogen (secondary N) is 2. The van der Waals surface area contributed by atoms with E-state index in [4.69, 9.17) is 5.73 Å². The van der Waals surface area contributed by atoms with Gasteiger partial charge in [0.1, 0.15) is 0 Å². The molecule has 0 bridgehead atoms. The molecule has 0 radical (unpaired) electrons. The molecule has 2 rings (SSSR count). The lowest BCUT2D eigenvalue weighted by Crippen LogP contribution is -2.36. The molecule has 0 spiro atoms. The molecule has 4 N–H and O–H groups in total.